The van der Waals surface area contributed by atoms with E-state index in [9.17, 15) is 28.7 Å². The summed E-state index contributed by atoms with van der Waals surface area (Å²) in [5.74, 6) is -4.80. The number of fused-ring (bicyclic) bond motifs is 1. The number of piperazine rings is 1. The molecule has 0 aliphatic carbocycles. The second-order valence-electron chi connectivity index (χ2n) is 11.3. The van der Waals surface area contributed by atoms with Gasteiger partial charge in [0.05, 0.1) is 39.0 Å². The monoisotopic (exact) mass is 667 g/mol. The second-order valence-corrected chi connectivity index (χ2v) is 12.1. The molecule has 14 heteroatoms. The molecule has 5 rings (SSSR count). The van der Waals surface area contributed by atoms with Crippen LogP contribution in [0.4, 0.5) is 20.2 Å². The number of phenolic OH excluding ortho intramolecular Hbond substituents is 1. The molecule has 1 aliphatic heterocycles. The molecule has 0 bridgehead atoms. The van der Waals surface area contributed by atoms with Gasteiger partial charge in [0.25, 0.3) is 5.56 Å². The van der Waals surface area contributed by atoms with E-state index in [1.165, 1.54) is 16.7 Å². The number of aromatic hydroxyl groups is 1. The minimum Gasteiger partial charge on any atom is -0.504 e. The van der Waals surface area contributed by atoms with Gasteiger partial charge in [-0.05, 0) is 43.5 Å². The summed E-state index contributed by atoms with van der Waals surface area (Å²) in [5, 5.41) is 20.4. The van der Waals surface area contributed by atoms with Gasteiger partial charge in [-0.3, -0.25) is 19.1 Å². The number of phenols is 1. The summed E-state index contributed by atoms with van der Waals surface area (Å²) in [5.41, 5.74) is 5.60. The quantitative estimate of drug-likeness (QED) is 0.153. The van der Waals surface area contributed by atoms with Gasteiger partial charge in [0.15, 0.2) is 11.6 Å². The Morgan fingerprint density at radius 3 is 2.57 bits per heavy atom. The maximum Gasteiger partial charge on any atom is 0.276 e. The van der Waals surface area contributed by atoms with Crippen molar-refractivity contribution in [1.82, 2.24) is 19.4 Å². The largest absolute Gasteiger partial charge is 0.504 e. The molecule has 4 heterocycles. The van der Waals surface area contributed by atoms with Crippen LogP contribution in [0.1, 0.15) is 43.5 Å². The molecule has 0 saturated carbocycles. The number of hydrogen-bond donors (Lipinski definition) is 2. The zero-order valence-corrected chi connectivity index (χ0v) is 26.8. The number of aryl methyl sites for hydroxylation is 1. The molecule has 1 saturated heterocycles. The van der Waals surface area contributed by atoms with Gasteiger partial charge in [0.1, 0.15) is 22.3 Å². The van der Waals surface area contributed by atoms with E-state index in [0.29, 0.717) is 16.9 Å². The minimum atomic E-state index is -1.66. The molecule has 0 spiro atoms. The third-order valence-corrected chi connectivity index (χ3v) is 8.74. The Bertz CT molecular complexity index is 2030. The van der Waals surface area contributed by atoms with Gasteiger partial charge in [0.2, 0.25) is 11.7 Å². The van der Waals surface area contributed by atoms with Crippen molar-refractivity contribution in [3.63, 3.8) is 0 Å². The van der Waals surface area contributed by atoms with Crippen molar-refractivity contribution in [2.24, 2.45) is 0 Å². The number of carbonyl (C=O) groups excluding carboxylic acids is 1. The topological polar surface area (TPSA) is 141 Å². The molecule has 1 fully saturated rings. The number of benzene rings is 1. The summed E-state index contributed by atoms with van der Waals surface area (Å²) in [6.07, 6.45) is 2.83. The van der Waals surface area contributed by atoms with Gasteiger partial charge < -0.3 is 20.6 Å². The lowest BCUT2D eigenvalue weighted by molar-refractivity contribution is -0.128. The highest BCUT2D eigenvalue weighted by Gasteiger charge is 2.33. The van der Waals surface area contributed by atoms with Crippen LogP contribution >= 0.6 is 23.2 Å². The highest BCUT2D eigenvalue weighted by Crippen LogP contribution is 2.46. The smallest absolute Gasteiger partial charge is 0.276 e. The Morgan fingerprint density at radius 2 is 1.96 bits per heavy atom. The first-order chi connectivity index (χ1) is 21.7. The number of nitrogens with two attached hydrogens (primary N) is 1. The lowest BCUT2D eigenvalue weighted by Crippen LogP contribution is -2.54. The van der Waals surface area contributed by atoms with Crippen molar-refractivity contribution < 1.29 is 18.7 Å². The molecule has 1 aliphatic rings. The molecular formula is C32H29Cl2F2N7O3. The van der Waals surface area contributed by atoms with E-state index >= 15 is 0 Å². The number of nitriles is 1. The summed E-state index contributed by atoms with van der Waals surface area (Å²) in [6.45, 7) is 11.7. The molecule has 3 aromatic heterocycles. The van der Waals surface area contributed by atoms with E-state index in [1.807, 2.05) is 25.7 Å². The van der Waals surface area contributed by atoms with Crippen LogP contribution in [0.15, 0.2) is 35.8 Å². The molecule has 238 valence electrons. The number of nitrogens with zero attached hydrogens (tertiary/aromatic N) is 6. The predicted octanol–water partition coefficient (Wildman–Crippen LogP) is 5.85. The Kier molecular flexibility index (Phi) is 8.68. The number of anilines is 2. The van der Waals surface area contributed by atoms with E-state index in [-0.39, 0.29) is 70.5 Å². The van der Waals surface area contributed by atoms with Crippen LogP contribution in [0.2, 0.25) is 10.0 Å². The molecule has 3 N–H and O–H groups in total. The first kappa shape index (κ1) is 32.7. The van der Waals surface area contributed by atoms with Gasteiger partial charge in [-0.2, -0.15) is 9.65 Å². The summed E-state index contributed by atoms with van der Waals surface area (Å²) in [6, 6.07) is 4.87. The number of aromatic nitrogens is 3. The van der Waals surface area contributed by atoms with Gasteiger partial charge in [0, 0.05) is 37.3 Å². The van der Waals surface area contributed by atoms with Crippen molar-refractivity contribution in [1.29, 1.82) is 5.26 Å². The van der Waals surface area contributed by atoms with Crippen molar-refractivity contribution in [3.05, 3.63) is 79.8 Å². The number of nitrogen functional groups attached to an aromatic ring is 1. The molecule has 1 amide bonds. The number of hydrogen-bond acceptors (Lipinski definition) is 8. The molecular weight excluding hydrogens is 639 g/mol. The van der Waals surface area contributed by atoms with Crippen LogP contribution in [0.5, 0.6) is 5.75 Å². The van der Waals surface area contributed by atoms with Crippen LogP contribution in [-0.2, 0) is 4.79 Å². The predicted molar refractivity (Wildman–Crippen MR) is 174 cm³/mol. The molecule has 1 atom stereocenters. The normalized spacial score (nSPS) is 15.0. The summed E-state index contributed by atoms with van der Waals surface area (Å²) >= 11 is 12.7. The number of halogens is 4. The van der Waals surface area contributed by atoms with Crippen LogP contribution in [0.3, 0.4) is 0 Å². The fraction of sp³-hybridized carbons (Fsp3) is 0.281. The van der Waals surface area contributed by atoms with Gasteiger partial charge in [-0.25, -0.2) is 9.37 Å². The Balaban J connectivity index is 1.94. The maximum absolute atomic E-state index is 14.7. The van der Waals surface area contributed by atoms with Gasteiger partial charge in [-0.15, -0.1) is 0 Å². The molecule has 1 aromatic carbocycles. The number of pyridine rings is 3. The third-order valence-electron chi connectivity index (χ3n) is 8.09. The van der Waals surface area contributed by atoms with Crippen LogP contribution in [-0.4, -0.2) is 56.1 Å². The Hall–Kier alpha value is -4.73. The lowest BCUT2D eigenvalue weighted by atomic mass is 10.0. The van der Waals surface area contributed by atoms with Crippen LogP contribution < -0.4 is 16.2 Å². The lowest BCUT2D eigenvalue weighted by Gasteiger charge is -2.41. The summed E-state index contributed by atoms with van der Waals surface area (Å²) in [4.78, 5) is 39.5. The molecule has 10 nitrogen and oxygen atoms in total. The van der Waals surface area contributed by atoms with Crippen molar-refractivity contribution in [3.8, 4) is 28.8 Å². The zero-order chi connectivity index (χ0) is 33.8. The van der Waals surface area contributed by atoms with Crippen LogP contribution in [0.25, 0.3) is 28.0 Å². The highest BCUT2D eigenvalue weighted by atomic mass is 35.5. The Labute approximate surface area is 272 Å². The standard InChI is InChI=1S/C32H29Cl2F2N7O3/c1-6-20(44)42-10-9-41(13-16(42)5)29-17-11-19(33)27(21-25(38)22(34)23(35)24(36)30(21)45)40-31(17)43(32(46)18(29)12-37)28-15(4)7-8-39-26(28)14(2)3/h6-8,11,14,16,45H,1,9-10,13,38H2,2-5H3/t16-/m1/s1. The first-order valence-electron chi connectivity index (χ1n) is 14.2. The molecule has 0 radical (unpaired) electrons. The highest BCUT2D eigenvalue weighted by molar-refractivity contribution is 6.36. The number of amides is 1. The van der Waals surface area contributed by atoms with Crippen molar-refractivity contribution >= 4 is 51.5 Å². The molecule has 0 unspecified atom stereocenters. The van der Waals surface area contributed by atoms with E-state index in [2.05, 4.69) is 22.6 Å². The van der Waals surface area contributed by atoms with E-state index < -0.39 is 39.2 Å². The van der Waals surface area contributed by atoms with Crippen molar-refractivity contribution in [2.45, 2.75) is 39.7 Å². The molecule has 46 heavy (non-hydrogen) atoms. The van der Waals surface area contributed by atoms with Gasteiger partial charge >= 0.3 is 0 Å². The SMILES string of the molecule is C=CC(=O)N1CCN(c2c(C#N)c(=O)n(-c3c(C)ccnc3C(C)C)c3nc(-c4c(N)c(Cl)c(F)c(F)c4O)c(Cl)cc23)C[C@H]1C. The maximum atomic E-state index is 14.7. The molecule has 4 aromatic rings. The van der Waals surface area contributed by atoms with Crippen LogP contribution in [0, 0.1) is 29.9 Å². The van der Waals surface area contributed by atoms with Crippen molar-refractivity contribution in [2.75, 3.05) is 30.3 Å². The number of rotatable bonds is 5. The zero-order valence-electron chi connectivity index (χ0n) is 25.3. The van der Waals surface area contributed by atoms with E-state index in [0.717, 1.165) is 0 Å². The second kappa shape index (κ2) is 12.2. The average molecular weight is 669 g/mol. The number of carbonyl (C=O) groups is 1. The van der Waals surface area contributed by atoms with Gasteiger partial charge in [-0.1, -0.05) is 43.6 Å². The van der Waals surface area contributed by atoms with E-state index in [4.69, 9.17) is 28.9 Å². The first-order valence-corrected chi connectivity index (χ1v) is 15.0. The minimum absolute atomic E-state index is 0.0201. The Morgan fingerprint density at radius 1 is 1.26 bits per heavy atom. The fourth-order valence-corrected chi connectivity index (χ4v) is 6.30. The third kappa shape index (κ3) is 5.09. The summed E-state index contributed by atoms with van der Waals surface area (Å²) < 4.78 is 30.3. The average Bonchev–Trinajstić information content (AvgIpc) is 3.02. The summed E-state index contributed by atoms with van der Waals surface area (Å²) in [7, 11) is 0. The van der Waals surface area contributed by atoms with E-state index in [1.54, 1.807) is 24.1 Å². The fourth-order valence-electron chi connectivity index (χ4n) is 5.88.